The van der Waals surface area contributed by atoms with Crippen LogP contribution in [0.5, 0.6) is 5.88 Å². The molecule has 46 heavy (non-hydrogen) atoms. The van der Waals surface area contributed by atoms with E-state index in [-0.39, 0.29) is 23.9 Å². The van der Waals surface area contributed by atoms with Crippen molar-refractivity contribution < 1.29 is 14.0 Å². The molecule has 4 aromatic rings. The minimum absolute atomic E-state index is 0.132. The summed E-state index contributed by atoms with van der Waals surface area (Å²) in [6.07, 6.45) is 8.01. The summed E-state index contributed by atoms with van der Waals surface area (Å²) in [4.78, 5) is 27.3. The van der Waals surface area contributed by atoms with Crippen molar-refractivity contribution in [2.24, 2.45) is 7.05 Å². The van der Waals surface area contributed by atoms with Crippen LogP contribution in [0.4, 0.5) is 5.00 Å². The second-order valence-electron chi connectivity index (χ2n) is 13.6. The molecule has 0 radical (unpaired) electrons. The third kappa shape index (κ3) is 4.22. The van der Waals surface area contributed by atoms with E-state index in [1.807, 2.05) is 0 Å². The quantitative estimate of drug-likeness (QED) is 0.330. The first-order chi connectivity index (χ1) is 22.2. The van der Waals surface area contributed by atoms with Gasteiger partial charge in [0.15, 0.2) is 11.2 Å². The van der Waals surface area contributed by atoms with Crippen molar-refractivity contribution in [3.8, 4) is 23.5 Å². The lowest BCUT2D eigenvalue weighted by atomic mass is 9.62. The molecule has 12 nitrogen and oxygen atoms in total. The molecule has 2 N–H and O–H groups in total. The molecule has 4 aliphatic rings. The smallest absolute Gasteiger partial charge is 0.330 e. The first-order valence-electron chi connectivity index (χ1n) is 16.5. The average Bonchev–Trinajstić information content (AvgIpc) is 3.87. The number of nitriles is 1. The van der Waals surface area contributed by atoms with E-state index in [0.717, 1.165) is 74.6 Å². The molecule has 242 valence electrons. The molecule has 8 rings (SSSR count). The lowest BCUT2D eigenvalue weighted by Crippen LogP contribution is -2.40. The Morgan fingerprint density at radius 2 is 1.98 bits per heavy atom. The van der Waals surface area contributed by atoms with Gasteiger partial charge < -0.3 is 19.7 Å². The van der Waals surface area contributed by atoms with E-state index in [0.29, 0.717) is 58.4 Å². The highest BCUT2D eigenvalue weighted by molar-refractivity contribution is 7.16. The van der Waals surface area contributed by atoms with E-state index < -0.39 is 5.41 Å². The van der Waals surface area contributed by atoms with Crippen molar-refractivity contribution in [3.63, 3.8) is 0 Å². The van der Waals surface area contributed by atoms with Gasteiger partial charge in [0.25, 0.3) is 0 Å². The van der Waals surface area contributed by atoms with Crippen LogP contribution in [-0.2, 0) is 30.0 Å². The Labute approximate surface area is 271 Å². The Hall–Kier alpha value is -3.73. The molecule has 5 atom stereocenters. The van der Waals surface area contributed by atoms with Gasteiger partial charge in [0, 0.05) is 41.6 Å². The fraction of sp³-hybridized carbons (Fsp3) is 0.606. The Balaban J connectivity index is 1.30. The van der Waals surface area contributed by atoms with Gasteiger partial charge in [-0.1, -0.05) is 5.16 Å². The maximum Gasteiger partial charge on any atom is 0.330 e. The van der Waals surface area contributed by atoms with Gasteiger partial charge in [-0.3, -0.25) is 14.0 Å². The van der Waals surface area contributed by atoms with Crippen LogP contribution in [0.3, 0.4) is 0 Å². The number of aromatic nitrogens is 5. The molecular formula is C33H40N8O4S. The fourth-order valence-corrected chi connectivity index (χ4v) is 9.83. The molecule has 1 spiro atoms. The molecule has 13 heteroatoms. The van der Waals surface area contributed by atoms with Crippen molar-refractivity contribution in [2.75, 3.05) is 26.0 Å². The van der Waals surface area contributed by atoms with E-state index in [9.17, 15) is 10.1 Å². The summed E-state index contributed by atoms with van der Waals surface area (Å²) in [5.41, 5.74) is 10.3. The first-order valence-corrected chi connectivity index (χ1v) is 17.3. The number of likely N-dealkylation sites (N-methyl/N-ethyl adjacent to an activating group) is 1. The molecule has 2 saturated heterocycles. The predicted octanol–water partition coefficient (Wildman–Crippen LogP) is 4.47. The molecule has 2 aliphatic carbocycles. The Morgan fingerprint density at radius 3 is 2.70 bits per heavy atom. The minimum atomic E-state index is -0.431. The molecule has 4 aromatic heterocycles. The maximum absolute atomic E-state index is 13.7. The Kier molecular flexibility index (Phi) is 7.04. The summed E-state index contributed by atoms with van der Waals surface area (Å²) in [5, 5.41) is 15.4. The number of fused-ring (bicyclic) bond motifs is 5. The monoisotopic (exact) mass is 644 g/mol. The summed E-state index contributed by atoms with van der Waals surface area (Å²) < 4.78 is 21.9. The van der Waals surface area contributed by atoms with Crippen molar-refractivity contribution in [2.45, 2.75) is 101 Å². The van der Waals surface area contributed by atoms with Crippen LogP contribution in [0.2, 0.25) is 0 Å². The molecule has 6 heterocycles. The van der Waals surface area contributed by atoms with Crippen molar-refractivity contribution in [1.29, 1.82) is 5.26 Å². The van der Waals surface area contributed by atoms with Crippen LogP contribution in [0.1, 0.15) is 92.1 Å². The summed E-state index contributed by atoms with van der Waals surface area (Å²) in [7, 11) is 3.89. The molecule has 0 saturated carbocycles. The van der Waals surface area contributed by atoms with Crippen LogP contribution >= 0.6 is 11.3 Å². The second kappa shape index (κ2) is 10.9. The number of rotatable bonds is 5. The zero-order chi connectivity index (χ0) is 31.9. The molecular weight excluding hydrogens is 604 g/mol. The third-order valence-electron chi connectivity index (χ3n) is 11.2. The van der Waals surface area contributed by atoms with Crippen molar-refractivity contribution in [3.05, 3.63) is 37.7 Å². The van der Waals surface area contributed by atoms with Crippen LogP contribution in [0.15, 0.2) is 9.32 Å². The second-order valence-corrected chi connectivity index (χ2v) is 14.8. The van der Waals surface area contributed by atoms with Crippen LogP contribution in [-0.4, -0.2) is 67.6 Å². The highest BCUT2D eigenvalue weighted by Crippen LogP contribution is 2.54. The van der Waals surface area contributed by atoms with E-state index in [1.54, 1.807) is 16.2 Å². The zero-order valence-corrected chi connectivity index (χ0v) is 27.7. The largest absolute Gasteiger partial charge is 0.471 e. The van der Waals surface area contributed by atoms with Gasteiger partial charge in [-0.05, 0) is 84.2 Å². The Morgan fingerprint density at radius 1 is 1.17 bits per heavy atom. The topological polar surface area (TPSA) is 150 Å². The van der Waals surface area contributed by atoms with E-state index >= 15 is 0 Å². The predicted molar refractivity (Wildman–Crippen MR) is 173 cm³/mol. The molecule has 0 aromatic carbocycles. The summed E-state index contributed by atoms with van der Waals surface area (Å²) >= 11 is 1.53. The van der Waals surface area contributed by atoms with Crippen molar-refractivity contribution in [1.82, 2.24) is 29.2 Å². The van der Waals surface area contributed by atoms with Gasteiger partial charge in [0.2, 0.25) is 17.5 Å². The van der Waals surface area contributed by atoms with Gasteiger partial charge >= 0.3 is 5.69 Å². The summed E-state index contributed by atoms with van der Waals surface area (Å²) in [6, 6.07) is 2.95. The molecule has 0 bridgehead atoms. The van der Waals surface area contributed by atoms with Gasteiger partial charge in [-0.2, -0.15) is 10.2 Å². The van der Waals surface area contributed by atoms with Gasteiger partial charge in [-0.25, -0.2) is 9.78 Å². The summed E-state index contributed by atoms with van der Waals surface area (Å²) in [5.74, 6) is 1.22. The van der Waals surface area contributed by atoms with Crippen molar-refractivity contribution >= 4 is 27.5 Å². The third-order valence-corrected chi connectivity index (χ3v) is 12.3. The minimum Gasteiger partial charge on any atom is -0.471 e. The first kappa shape index (κ1) is 29.7. The number of ether oxygens (including phenoxy) is 2. The Bertz CT molecular complexity index is 1940. The van der Waals surface area contributed by atoms with E-state index in [4.69, 9.17) is 34.9 Å². The number of hydrogen-bond acceptors (Lipinski definition) is 11. The highest BCUT2D eigenvalue weighted by atomic mass is 32.1. The lowest BCUT2D eigenvalue weighted by Gasteiger charge is -2.39. The van der Waals surface area contributed by atoms with Gasteiger partial charge in [0.05, 0.1) is 23.9 Å². The SMILES string of the molecule is C[C@H](Oc1nc(-c2onc3c2CCC[C@@]32CCCc3sc(N)c(C#N)c32)nc2c1n(C)c(=O)n2[C@@H]1CCOC1)[C@@H]1CC[C@H](C)N1C. The molecule has 2 aliphatic heterocycles. The fourth-order valence-electron chi connectivity index (χ4n) is 8.67. The number of hydrogen-bond donors (Lipinski definition) is 1. The number of aryl methyl sites for hydroxylation is 2. The maximum atomic E-state index is 13.7. The van der Waals surface area contributed by atoms with E-state index in [1.165, 1.54) is 16.2 Å². The zero-order valence-electron chi connectivity index (χ0n) is 26.8. The molecule has 0 unspecified atom stereocenters. The van der Waals surface area contributed by atoms with Gasteiger partial charge in [0.1, 0.15) is 17.2 Å². The average molecular weight is 645 g/mol. The van der Waals surface area contributed by atoms with E-state index in [2.05, 4.69) is 31.9 Å². The van der Waals surface area contributed by atoms with Crippen LogP contribution in [0.25, 0.3) is 22.7 Å². The number of nitrogens with zero attached hydrogens (tertiary/aromatic N) is 7. The number of nitrogen functional groups attached to an aromatic ring is 1. The normalized spacial score (nSPS) is 26.8. The highest BCUT2D eigenvalue weighted by Gasteiger charge is 2.48. The number of anilines is 1. The molecule has 2 fully saturated rings. The number of likely N-dealkylation sites (tertiary alicyclic amines) is 1. The lowest BCUT2D eigenvalue weighted by molar-refractivity contribution is 0.104. The number of nitrogens with two attached hydrogens (primary N) is 1. The van der Waals surface area contributed by atoms with Crippen LogP contribution in [0, 0.1) is 11.3 Å². The number of imidazole rings is 1. The standard InChI is InChI=1S/C33H40N8O4S/c1-17-9-10-22(39(17)3)18(2)44-31-25-30(41(32(42)40(25)4)19-11-14-43-16-19)36-29(37-31)26-20-7-5-12-33(27(20)38-45-26)13-6-8-23-24(33)21(15-34)28(35)46-23/h17-19,22H,5-14,16,35H2,1-4H3/t17-,18-,19+,22-,33-/m0/s1. The van der Waals surface area contributed by atoms with Gasteiger partial charge in [-0.15, -0.1) is 11.3 Å². The molecule has 0 amide bonds. The van der Waals surface area contributed by atoms with Crippen LogP contribution < -0.4 is 16.2 Å². The summed E-state index contributed by atoms with van der Waals surface area (Å²) in [6.45, 7) is 5.35. The number of thiophene rings is 1.